The van der Waals surface area contributed by atoms with Crippen LogP contribution in [0.4, 0.5) is 0 Å². The average Bonchev–Trinajstić information content (AvgIpc) is 2.94. The molecule has 0 saturated heterocycles. The molecule has 4 heteroatoms. The lowest BCUT2D eigenvalue weighted by atomic mass is 10.3. The third-order valence-electron chi connectivity index (χ3n) is 3.26. The number of rotatable bonds is 0. The van der Waals surface area contributed by atoms with Crippen molar-refractivity contribution in [2.45, 2.75) is 6.54 Å². The molecule has 0 fully saturated rings. The van der Waals surface area contributed by atoms with Gasteiger partial charge in [-0.25, -0.2) is 0 Å². The van der Waals surface area contributed by atoms with E-state index in [0.717, 1.165) is 23.3 Å². The summed E-state index contributed by atoms with van der Waals surface area (Å²) < 4.78 is 3.73. The van der Waals surface area contributed by atoms with E-state index in [1.807, 2.05) is 41.1 Å². The fourth-order valence-corrected chi connectivity index (χ4v) is 2.46. The fraction of sp³-hybridized carbons (Fsp3) is 0.0769. The molecule has 1 aliphatic heterocycles. The van der Waals surface area contributed by atoms with Crippen molar-refractivity contribution in [3.05, 3.63) is 54.1 Å². The second kappa shape index (κ2) is 2.85. The first-order valence-electron chi connectivity index (χ1n) is 5.50. The van der Waals surface area contributed by atoms with Crippen LogP contribution in [0.3, 0.4) is 0 Å². The van der Waals surface area contributed by atoms with Gasteiger partial charge in [-0.15, -0.1) is 0 Å². The lowest BCUT2D eigenvalue weighted by Crippen LogP contribution is -2.25. The minimum absolute atomic E-state index is 0.0225. The second-order valence-electron chi connectivity index (χ2n) is 4.20. The molecule has 0 unspecified atom stereocenters. The van der Waals surface area contributed by atoms with Crippen molar-refractivity contribution in [2.24, 2.45) is 0 Å². The Kier molecular flexibility index (Phi) is 1.47. The van der Waals surface area contributed by atoms with Crippen LogP contribution < -0.4 is 0 Å². The monoisotopic (exact) mass is 223 g/mol. The first-order valence-corrected chi connectivity index (χ1v) is 5.50. The maximum absolute atomic E-state index is 12.3. The molecule has 0 radical (unpaired) electrons. The maximum Gasteiger partial charge on any atom is 0.278 e. The van der Waals surface area contributed by atoms with E-state index in [0.29, 0.717) is 5.69 Å². The van der Waals surface area contributed by atoms with Crippen molar-refractivity contribution in [1.82, 2.24) is 14.1 Å². The van der Waals surface area contributed by atoms with Crippen LogP contribution in [0.2, 0.25) is 0 Å². The third kappa shape index (κ3) is 1.02. The first kappa shape index (κ1) is 8.75. The zero-order valence-electron chi connectivity index (χ0n) is 9.00. The zero-order valence-corrected chi connectivity index (χ0v) is 9.00. The molecule has 0 amide bonds. The number of fused-ring (bicyclic) bond motifs is 4. The maximum atomic E-state index is 12.3. The van der Waals surface area contributed by atoms with E-state index in [-0.39, 0.29) is 5.91 Å². The van der Waals surface area contributed by atoms with Gasteiger partial charge in [0.05, 0.1) is 17.6 Å². The fourth-order valence-electron chi connectivity index (χ4n) is 2.46. The molecule has 0 saturated carbocycles. The summed E-state index contributed by atoms with van der Waals surface area (Å²) in [6.45, 7) is 0.725. The van der Waals surface area contributed by atoms with Crippen molar-refractivity contribution in [3.8, 4) is 0 Å². The quantitative estimate of drug-likeness (QED) is 0.456. The van der Waals surface area contributed by atoms with Gasteiger partial charge in [0.1, 0.15) is 5.69 Å². The summed E-state index contributed by atoms with van der Waals surface area (Å²) >= 11 is 0. The molecule has 3 aromatic heterocycles. The van der Waals surface area contributed by atoms with Crippen LogP contribution in [0, 0.1) is 0 Å². The molecule has 0 aromatic carbocycles. The minimum Gasteiger partial charge on any atom is -0.329 e. The molecule has 82 valence electrons. The number of carbonyl (C=O) groups excluding carboxylic acids is 1. The van der Waals surface area contributed by atoms with Crippen LogP contribution in [0.25, 0.3) is 11.0 Å². The molecule has 1 aliphatic rings. The molecule has 4 nitrogen and oxygen atoms in total. The Morgan fingerprint density at radius 2 is 2.18 bits per heavy atom. The number of carbonyl (C=O) groups is 1. The zero-order chi connectivity index (χ0) is 11.4. The van der Waals surface area contributed by atoms with Crippen molar-refractivity contribution < 1.29 is 4.79 Å². The molecule has 0 N–H and O–H groups in total. The largest absolute Gasteiger partial charge is 0.329 e. The molecule has 3 aromatic rings. The minimum atomic E-state index is 0.0225. The smallest absolute Gasteiger partial charge is 0.278 e. The van der Waals surface area contributed by atoms with E-state index in [9.17, 15) is 4.79 Å². The third-order valence-corrected chi connectivity index (χ3v) is 3.26. The summed E-state index contributed by atoms with van der Waals surface area (Å²) in [5.41, 5.74) is 3.62. The van der Waals surface area contributed by atoms with E-state index in [1.165, 1.54) is 0 Å². The van der Waals surface area contributed by atoms with E-state index in [2.05, 4.69) is 4.98 Å². The van der Waals surface area contributed by atoms with E-state index < -0.39 is 0 Å². The highest BCUT2D eigenvalue weighted by Crippen LogP contribution is 2.24. The predicted molar refractivity (Wildman–Crippen MR) is 63.0 cm³/mol. The summed E-state index contributed by atoms with van der Waals surface area (Å²) in [5, 5.41) is 0. The molecule has 0 aliphatic carbocycles. The summed E-state index contributed by atoms with van der Waals surface area (Å²) in [6.07, 6.45) is 3.56. The first-order chi connectivity index (χ1) is 8.34. The van der Waals surface area contributed by atoms with Crippen LogP contribution in [0.5, 0.6) is 0 Å². The van der Waals surface area contributed by atoms with Crippen molar-refractivity contribution in [3.63, 3.8) is 0 Å². The molecule has 0 atom stereocenters. The molecule has 0 spiro atoms. The SMILES string of the molecule is O=C1c2cc3ncccc3n2Cc2cccn21. The summed E-state index contributed by atoms with van der Waals surface area (Å²) in [5.74, 6) is 0.0225. The molecular weight excluding hydrogens is 214 g/mol. The van der Waals surface area contributed by atoms with Gasteiger partial charge in [-0.05, 0) is 30.3 Å². The van der Waals surface area contributed by atoms with Gasteiger partial charge in [0.15, 0.2) is 0 Å². The van der Waals surface area contributed by atoms with Crippen LogP contribution in [0.1, 0.15) is 16.2 Å². The normalized spacial score (nSPS) is 13.8. The Labute approximate surface area is 97.1 Å². The number of nitrogens with zero attached hydrogens (tertiary/aromatic N) is 3. The van der Waals surface area contributed by atoms with Gasteiger partial charge in [-0.1, -0.05) is 0 Å². The number of hydrogen-bond donors (Lipinski definition) is 0. The lowest BCUT2D eigenvalue weighted by molar-refractivity contribution is 0.0939. The summed E-state index contributed by atoms with van der Waals surface area (Å²) in [6, 6.07) is 9.63. The van der Waals surface area contributed by atoms with Gasteiger partial charge >= 0.3 is 0 Å². The number of pyridine rings is 1. The predicted octanol–water partition coefficient (Wildman–Crippen LogP) is 1.89. The number of hydrogen-bond acceptors (Lipinski definition) is 2. The number of aromatic nitrogens is 3. The Morgan fingerprint density at radius 3 is 3.12 bits per heavy atom. The van der Waals surface area contributed by atoms with Crippen LogP contribution in [-0.2, 0) is 6.54 Å². The Morgan fingerprint density at radius 1 is 1.24 bits per heavy atom. The highest BCUT2D eigenvalue weighted by molar-refractivity contribution is 6.00. The van der Waals surface area contributed by atoms with Crippen molar-refractivity contribution >= 4 is 16.9 Å². The van der Waals surface area contributed by atoms with E-state index in [1.54, 1.807) is 10.8 Å². The van der Waals surface area contributed by atoms with Gasteiger partial charge in [0, 0.05) is 18.1 Å². The van der Waals surface area contributed by atoms with Gasteiger partial charge in [-0.3, -0.25) is 14.3 Å². The van der Waals surface area contributed by atoms with Crippen LogP contribution in [0.15, 0.2) is 42.7 Å². The van der Waals surface area contributed by atoms with E-state index >= 15 is 0 Å². The average molecular weight is 223 g/mol. The Balaban J connectivity index is 2.08. The standard InChI is InChI=1S/C13H9N3O/c17-13-12-7-10-11(4-1-5-14-10)16(12)8-9-3-2-6-15(9)13/h1-7H,8H2. The lowest BCUT2D eigenvalue weighted by Gasteiger charge is -2.17. The van der Waals surface area contributed by atoms with Crippen molar-refractivity contribution in [1.29, 1.82) is 0 Å². The van der Waals surface area contributed by atoms with Crippen LogP contribution >= 0.6 is 0 Å². The van der Waals surface area contributed by atoms with Gasteiger partial charge < -0.3 is 4.57 Å². The highest BCUT2D eigenvalue weighted by atomic mass is 16.2. The molecule has 17 heavy (non-hydrogen) atoms. The second-order valence-corrected chi connectivity index (χ2v) is 4.20. The highest BCUT2D eigenvalue weighted by Gasteiger charge is 2.24. The van der Waals surface area contributed by atoms with Crippen LogP contribution in [-0.4, -0.2) is 20.0 Å². The van der Waals surface area contributed by atoms with Crippen molar-refractivity contribution in [2.75, 3.05) is 0 Å². The Bertz CT molecular complexity index is 751. The summed E-state index contributed by atoms with van der Waals surface area (Å²) in [7, 11) is 0. The topological polar surface area (TPSA) is 39.8 Å². The van der Waals surface area contributed by atoms with Gasteiger partial charge in [-0.2, -0.15) is 0 Å². The summed E-state index contributed by atoms with van der Waals surface area (Å²) in [4.78, 5) is 16.5. The van der Waals surface area contributed by atoms with Gasteiger partial charge in [0.25, 0.3) is 5.91 Å². The molecule has 4 rings (SSSR count). The van der Waals surface area contributed by atoms with Gasteiger partial charge in [0.2, 0.25) is 0 Å². The molecular formula is C13H9N3O. The molecule has 4 heterocycles. The van der Waals surface area contributed by atoms with E-state index in [4.69, 9.17) is 0 Å². The molecule has 0 bridgehead atoms. The Hall–Kier alpha value is -2.36.